The Bertz CT molecular complexity index is 686. The number of aromatic nitrogens is 1. The summed E-state index contributed by atoms with van der Waals surface area (Å²) in [7, 11) is 0. The standard InChI is InChI=1S/C18H21N3O3/c22-15-6-1-7-16(23)17(15)18(24)20-14-5-3-9-21(12-14)11-13-4-2-8-19-10-13/h1-2,4,6-8,10,14,22-23H,3,5,9,11-12H2,(H,20,24)/t14-/m1/s1. The molecule has 1 aliphatic heterocycles. The van der Waals surface area contributed by atoms with Gasteiger partial charge < -0.3 is 15.5 Å². The van der Waals surface area contributed by atoms with Crippen LogP contribution >= 0.6 is 0 Å². The van der Waals surface area contributed by atoms with Crippen LogP contribution in [0.15, 0.2) is 42.7 Å². The summed E-state index contributed by atoms with van der Waals surface area (Å²) in [4.78, 5) is 18.8. The van der Waals surface area contributed by atoms with Crippen molar-refractivity contribution < 1.29 is 15.0 Å². The summed E-state index contributed by atoms with van der Waals surface area (Å²) in [6.45, 7) is 2.50. The Balaban J connectivity index is 1.62. The molecular formula is C18H21N3O3. The SMILES string of the molecule is O=C(N[C@@H]1CCCN(Cc2cccnc2)C1)c1c(O)cccc1O. The van der Waals surface area contributed by atoms with Crippen molar-refractivity contribution in [2.24, 2.45) is 0 Å². The van der Waals surface area contributed by atoms with E-state index in [-0.39, 0.29) is 23.1 Å². The summed E-state index contributed by atoms with van der Waals surface area (Å²) in [5.74, 6) is -0.870. The van der Waals surface area contributed by atoms with E-state index in [0.29, 0.717) is 0 Å². The van der Waals surface area contributed by atoms with Crippen LogP contribution in [0.25, 0.3) is 0 Å². The molecule has 0 unspecified atom stereocenters. The van der Waals surface area contributed by atoms with Gasteiger partial charge in [-0.2, -0.15) is 0 Å². The Morgan fingerprint density at radius 1 is 1.25 bits per heavy atom. The number of carbonyl (C=O) groups excluding carboxylic acids is 1. The summed E-state index contributed by atoms with van der Waals surface area (Å²) in [6, 6.07) is 8.22. The molecule has 1 fully saturated rings. The second-order valence-electron chi connectivity index (χ2n) is 6.08. The van der Waals surface area contributed by atoms with E-state index in [1.807, 2.05) is 18.3 Å². The molecule has 1 aromatic heterocycles. The van der Waals surface area contributed by atoms with Crippen molar-refractivity contribution in [1.29, 1.82) is 0 Å². The highest BCUT2D eigenvalue weighted by molar-refractivity contribution is 5.99. The smallest absolute Gasteiger partial charge is 0.259 e. The fraction of sp³-hybridized carbons (Fsp3) is 0.333. The Labute approximate surface area is 140 Å². The van der Waals surface area contributed by atoms with E-state index in [1.54, 1.807) is 6.20 Å². The molecule has 1 aromatic carbocycles. The Hall–Kier alpha value is -2.60. The molecule has 6 heteroatoms. The van der Waals surface area contributed by atoms with Crippen LogP contribution in [0.1, 0.15) is 28.8 Å². The maximum absolute atomic E-state index is 12.4. The maximum Gasteiger partial charge on any atom is 0.259 e. The normalized spacial score (nSPS) is 18.2. The van der Waals surface area contributed by atoms with Gasteiger partial charge in [-0.15, -0.1) is 0 Å². The summed E-state index contributed by atoms with van der Waals surface area (Å²) < 4.78 is 0. The van der Waals surface area contributed by atoms with Gasteiger partial charge in [-0.1, -0.05) is 12.1 Å². The number of phenolic OH excluding ortho intramolecular Hbond substituents is 2. The molecule has 2 aromatic rings. The maximum atomic E-state index is 12.4. The highest BCUT2D eigenvalue weighted by Crippen LogP contribution is 2.26. The first-order valence-corrected chi connectivity index (χ1v) is 8.06. The van der Waals surface area contributed by atoms with Crippen LogP contribution in [0, 0.1) is 0 Å². The lowest BCUT2D eigenvalue weighted by Gasteiger charge is -2.33. The number of aromatic hydroxyl groups is 2. The van der Waals surface area contributed by atoms with Crippen LogP contribution < -0.4 is 5.32 Å². The van der Waals surface area contributed by atoms with Crippen molar-refractivity contribution >= 4 is 5.91 Å². The van der Waals surface area contributed by atoms with Crippen molar-refractivity contribution in [2.75, 3.05) is 13.1 Å². The molecule has 2 heterocycles. The molecule has 126 valence electrons. The molecule has 1 amide bonds. The first-order valence-electron chi connectivity index (χ1n) is 8.06. The van der Waals surface area contributed by atoms with Crippen LogP contribution in [0.4, 0.5) is 0 Å². The van der Waals surface area contributed by atoms with Crippen molar-refractivity contribution in [3.05, 3.63) is 53.9 Å². The van der Waals surface area contributed by atoms with Crippen molar-refractivity contribution in [3.63, 3.8) is 0 Å². The number of benzene rings is 1. The predicted octanol–water partition coefficient (Wildman–Crippen LogP) is 1.89. The predicted molar refractivity (Wildman–Crippen MR) is 89.8 cm³/mol. The van der Waals surface area contributed by atoms with E-state index < -0.39 is 5.91 Å². The topological polar surface area (TPSA) is 85.7 Å². The van der Waals surface area contributed by atoms with Gasteiger partial charge in [-0.05, 0) is 43.1 Å². The average molecular weight is 327 g/mol. The Morgan fingerprint density at radius 2 is 2.04 bits per heavy atom. The number of carbonyl (C=O) groups is 1. The third-order valence-corrected chi connectivity index (χ3v) is 4.22. The molecule has 0 spiro atoms. The van der Waals surface area contributed by atoms with Crippen LogP contribution in [-0.2, 0) is 6.54 Å². The molecule has 0 aliphatic carbocycles. The lowest BCUT2D eigenvalue weighted by atomic mass is 10.0. The number of hydrogen-bond acceptors (Lipinski definition) is 5. The van der Waals surface area contributed by atoms with E-state index >= 15 is 0 Å². The third kappa shape index (κ3) is 3.83. The van der Waals surface area contributed by atoms with Gasteiger partial charge in [-0.25, -0.2) is 0 Å². The number of likely N-dealkylation sites (tertiary alicyclic amines) is 1. The van der Waals surface area contributed by atoms with Gasteiger partial charge in [0.1, 0.15) is 17.1 Å². The van der Waals surface area contributed by atoms with Crippen LogP contribution in [0.2, 0.25) is 0 Å². The lowest BCUT2D eigenvalue weighted by molar-refractivity contribution is 0.0895. The number of piperidine rings is 1. The number of hydrogen-bond donors (Lipinski definition) is 3. The summed E-state index contributed by atoms with van der Waals surface area (Å²) >= 11 is 0. The minimum atomic E-state index is -0.446. The molecule has 0 bridgehead atoms. The molecule has 1 saturated heterocycles. The van der Waals surface area contributed by atoms with Gasteiger partial charge in [0.2, 0.25) is 0 Å². The third-order valence-electron chi connectivity index (χ3n) is 4.22. The van der Waals surface area contributed by atoms with Gasteiger partial charge >= 0.3 is 0 Å². The second-order valence-corrected chi connectivity index (χ2v) is 6.08. The van der Waals surface area contributed by atoms with Crippen molar-refractivity contribution in [1.82, 2.24) is 15.2 Å². The number of nitrogens with zero attached hydrogens (tertiary/aromatic N) is 2. The van der Waals surface area contributed by atoms with E-state index in [4.69, 9.17) is 0 Å². The van der Waals surface area contributed by atoms with Crippen molar-refractivity contribution in [3.8, 4) is 11.5 Å². The van der Waals surface area contributed by atoms with Crippen LogP contribution in [0.5, 0.6) is 11.5 Å². The van der Waals surface area contributed by atoms with Gasteiger partial charge in [-0.3, -0.25) is 14.7 Å². The Morgan fingerprint density at radius 3 is 2.75 bits per heavy atom. The number of rotatable bonds is 4. The summed E-state index contributed by atoms with van der Waals surface area (Å²) in [6.07, 6.45) is 5.46. The van der Waals surface area contributed by atoms with Gasteiger partial charge in [0.05, 0.1) is 0 Å². The van der Waals surface area contributed by atoms with Crippen LogP contribution in [-0.4, -0.2) is 45.1 Å². The minimum absolute atomic E-state index is 0.0121. The largest absolute Gasteiger partial charge is 0.507 e. The highest BCUT2D eigenvalue weighted by Gasteiger charge is 2.24. The first-order chi connectivity index (χ1) is 11.6. The molecule has 0 saturated carbocycles. The fourth-order valence-corrected chi connectivity index (χ4v) is 3.09. The van der Waals surface area contributed by atoms with Gasteiger partial charge in [0, 0.05) is 31.5 Å². The van der Waals surface area contributed by atoms with Gasteiger partial charge in [0.15, 0.2) is 0 Å². The molecule has 3 N–H and O–H groups in total. The second kappa shape index (κ2) is 7.31. The minimum Gasteiger partial charge on any atom is -0.507 e. The fourth-order valence-electron chi connectivity index (χ4n) is 3.09. The van der Waals surface area contributed by atoms with Crippen molar-refractivity contribution in [2.45, 2.75) is 25.4 Å². The summed E-state index contributed by atoms with van der Waals surface area (Å²) in [5, 5.41) is 22.5. The van der Waals surface area contributed by atoms with E-state index in [9.17, 15) is 15.0 Å². The number of phenols is 2. The van der Waals surface area contributed by atoms with E-state index in [2.05, 4.69) is 15.2 Å². The molecule has 1 aliphatic rings. The van der Waals surface area contributed by atoms with E-state index in [1.165, 1.54) is 18.2 Å². The number of nitrogens with one attached hydrogen (secondary N) is 1. The monoisotopic (exact) mass is 327 g/mol. The van der Waals surface area contributed by atoms with Gasteiger partial charge in [0.25, 0.3) is 5.91 Å². The van der Waals surface area contributed by atoms with Crippen LogP contribution in [0.3, 0.4) is 0 Å². The quantitative estimate of drug-likeness (QED) is 0.798. The average Bonchev–Trinajstić information content (AvgIpc) is 2.56. The first kappa shape index (κ1) is 16.3. The number of amides is 1. The zero-order valence-corrected chi connectivity index (χ0v) is 13.4. The molecule has 6 nitrogen and oxygen atoms in total. The Kier molecular flexibility index (Phi) is 4.96. The molecule has 1 atom stereocenters. The zero-order valence-electron chi connectivity index (χ0n) is 13.4. The molecule has 3 rings (SSSR count). The van der Waals surface area contributed by atoms with E-state index in [0.717, 1.165) is 38.0 Å². The highest BCUT2D eigenvalue weighted by atomic mass is 16.3. The zero-order chi connectivity index (χ0) is 16.9. The molecule has 24 heavy (non-hydrogen) atoms. The summed E-state index contributed by atoms with van der Waals surface area (Å²) in [5.41, 5.74) is 1.07. The molecule has 0 radical (unpaired) electrons. The lowest BCUT2D eigenvalue weighted by Crippen LogP contribution is -2.47. The molecular weight excluding hydrogens is 306 g/mol. The number of pyridine rings is 1.